The average Bonchev–Trinajstić information content (AvgIpc) is 2.45. The summed E-state index contributed by atoms with van der Waals surface area (Å²) in [6.07, 6.45) is -0.714. The van der Waals surface area contributed by atoms with Crippen LogP contribution in [0.15, 0.2) is 30.3 Å². The highest BCUT2D eigenvalue weighted by molar-refractivity contribution is 6.00. The predicted molar refractivity (Wildman–Crippen MR) is 70.7 cm³/mol. The van der Waals surface area contributed by atoms with Crippen LogP contribution in [0.3, 0.4) is 0 Å². The van der Waals surface area contributed by atoms with Gasteiger partial charge in [-0.15, -0.1) is 0 Å². The van der Waals surface area contributed by atoms with Crippen molar-refractivity contribution in [2.75, 3.05) is 0 Å². The van der Waals surface area contributed by atoms with Crippen molar-refractivity contribution in [1.29, 1.82) is 0 Å². The van der Waals surface area contributed by atoms with E-state index in [0.717, 1.165) is 5.56 Å². The molecule has 2 saturated heterocycles. The second-order valence-corrected chi connectivity index (χ2v) is 4.67. The molecule has 0 aliphatic carbocycles. The van der Waals surface area contributed by atoms with Crippen molar-refractivity contribution in [3.8, 4) is 0 Å². The van der Waals surface area contributed by atoms with Gasteiger partial charge in [-0.2, -0.15) is 0 Å². The number of benzene rings is 1. The maximum absolute atomic E-state index is 11.6. The first-order valence-electron chi connectivity index (χ1n) is 6.38. The van der Waals surface area contributed by atoms with Crippen LogP contribution in [0.25, 0.3) is 0 Å². The van der Waals surface area contributed by atoms with E-state index >= 15 is 0 Å². The van der Waals surface area contributed by atoms with Gasteiger partial charge in [-0.1, -0.05) is 30.3 Å². The molecule has 6 N–H and O–H groups in total. The molecule has 3 atom stereocenters. The lowest BCUT2D eigenvalue weighted by molar-refractivity contribution is -0.125. The third kappa shape index (κ3) is 2.78. The molecule has 1 aromatic carbocycles. The van der Waals surface area contributed by atoms with E-state index in [1.807, 2.05) is 30.3 Å². The monoisotopic (exact) mass is 276 g/mol. The lowest BCUT2D eigenvalue weighted by atomic mass is 10.1. The zero-order valence-electron chi connectivity index (χ0n) is 10.6. The highest BCUT2D eigenvalue weighted by Gasteiger charge is 2.39. The fourth-order valence-corrected chi connectivity index (χ4v) is 2.21. The zero-order chi connectivity index (χ0) is 13.9. The molecule has 3 unspecified atom stereocenters. The fraction of sp³-hybridized carbons (Fsp3) is 0.333. The SMILES string of the molecule is O=C1NC(=O)C2NNC(NCc3ccccc3)NC2N1. The number of hydrazine groups is 1. The predicted octanol–water partition coefficient (Wildman–Crippen LogP) is -1.71. The van der Waals surface area contributed by atoms with E-state index in [1.165, 1.54) is 0 Å². The topological polar surface area (TPSA) is 106 Å². The highest BCUT2D eigenvalue weighted by atomic mass is 16.2. The van der Waals surface area contributed by atoms with Crippen molar-refractivity contribution in [2.24, 2.45) is 0 Å². The standard InChI is InChI=1S/C12H16N6O2/c19-10-8-9(15-12(20)16-10)14-11(18-17-8)13-6-7-4-2-1-3-5-7/h1-5,8-9,11,13-14,17-18H,6H2,(H2,15,16,19,20). The molecule has 0 radical (unpaired) electrons. The Kier molecular flexibility index (Phi) is 3.61. The highest BCUT2D eigenvalue weighted by Crippen LogP contribution is 2.02. The van der Waals surface area contributed by atoms with Gasteiger partial charge in [-0.3, -0.25) is 20.7 Å². The molecule has 0 bridgehead atoms. The van der Waals surface area contributed by atoms with E-state index in [4.69, 9.17) is 0 Å². The number of amides is 3. The number of rotatable bonds is 3. The second kappa shape index (κ2) is 5.55. The van der Waals surface area contributed by atoms with Crippen molar-refractivity contribution >= 4 is 11.9 Å². The smallest absolute Gasteiger partial charge is 0.320 e. The van der Waals surface area contributed by atoms with E-state index in [2.05, 4.69) is 32.1 Å². The van der Waals surface area contributed by atoms with Gasteiger partial charge < -0.3 is 5.32 Å². The first kappa shape index (κ1) is 13.0. The van der Waals surface area contributed by atoms with Crippen LogP contribution >= 0.6 is 0 Å². The van der Waals surface area contributed by atoms with E-state index < -0.39 is 18.2 Å². The number of hydrogen-bond acceptors (Lipinski definition) is 6. The van der Waals surface area contributed by atoms with Crippen molar-refractivity contribution in [3.05, 3.63) is 35.9 Å². The third-order valence-electron chi connectivity index (χ3n) is 3.22. The van der Waals surface area contributed by atoms with E-state index in [1.54, 1.807) is 0 Å². The zero-order valence-corrected chi connectivity index (χ0v) is 10.6. The Morgan fingerprint density at radius 1 is 1.10 bits per heavy atom. The molecule has 8 nitrogen and oxygen atoms in total. The molecule has 2 fully saturated rings. The first-order chi connectivity index (χ1) is 9.72. The summed E-state index contributed by atoms with van der Waals surface area (Å²) in [6, 6.07) is 8.90. The number of fused-ring (bicyclic) bond motifs is 1. The number of imide groups is 1. The summed E-state index contributed by atoms with van der Waals surface area (Å²) in [6.45, 7) is 0.657. The summed E-state index contributed by atoms with van der Waals surface area (Å²) < 4.78 is 0. The molecular formula is C12H16N6O2. The van der Waals surface area contributed by atoms with Crippen LogP contribution in [0.1, 0.15) is 5.56 Å². The number of carbonyl (C=O) groups excluding carboxylic acids is 2. The minimum Gasteiger partial charge on any atom is -0.320 e. The molecule has 1 aromatic rings. The Bertz CT molecular complexity index is 508. The van der Waals surface area contributed by atoms with Crippen molar-refractivity contribution in [3.63, 3.8) is 0 Å². The minimum atomic E-state index is -0.539. The Hall–Kier alpha value is -2.00. The first-order valence-corrected chi connectivity index (χ1v) is 6.38. The van der Waals surface area contributed by atoms with E-state index in [9.17, 15) is 9.59 Å². The van der Waals surface area contributed by atoms with Gasteiger partial charge in [0.05, 0.1) is 0 Å². The van der Waals surface area contributed by atoms with Gasteiger partial charge in [-0.25, -0.2) is 15.6 Å². The van der Waals surface area contributed by atoms with Crippen LogP contribution in [0.2, 0.25) is 0 Å². The minimum absolute atomic E-state index is 0.261. The lowest BCUT2D eigenvalue weighted by Crippen LogP contribution is -2.80. The number of hydrogen-bond donors (Lipinski definition) is 6. The summed E-state index contributed by atoms with van der Waals surface area (Å²) in [7, 11) is 0. The third-order valence-corrected chi connectivity index (χ3v) is 3.22. The van der Waals surface area contributed by atoms with Crippen molar-refractivity contribution in [2.45, 2.75) is 25.0 Å². The molecule has 3 amide bonds. The molecular weight excluding hydrogens is 260 g/mol. The summed E-state index contributed by atoms with van der Waals surface area (Å²) in [5.74, 6) is -0.361. The molecule has 3 rings (SSSR count). The molecule has 106 valence electrons. The lowest BCUT2D eigenvalue weighted by Gasteiger charge is -2.40. The average molecular weight is 276 g/mol. The summed E-state index contributed by atoms with van der Waals surface area (Å²) in [5.41, 5.74) is 6.97. The van der Waals surface area contributed by atoms with E-state index in [0.29, 0.717) is 6.54 Å². The van der Waals surface area contributed by atoms with Gasteiger partial charge in [0.25, 0.3) is 0 Å². The molecule has 8 heteroatoms. The molecule has 2 aliphatic rings. The summed E-state index contributed by atoms with van der Waals surface area (Å²) in [5, 5.41) is 11.2. The van der Waals surface area contributed by atoms with Crippen molar-refractivity contribution < 1.29 is 9.59 Å². The van der Waals surface area contributed by atoms with Gasteiger partial charge in [0.15, 0.2) is 0 Å². The van der Waals surface area contributed by atoms with Crippen LogP contribution in [0.4, 0.5) is 4.79 Å². The van der Waals surface area contributed by atoms with Gasteiger partial charge >= 0.3 is 6.03 Å². The van der Waals surface area contributed by atoms with Crippen LogP contribution < -0.4 is 32.1 Å². The Morgan fingerprint density at radius 3 is 2.70 bits per heavy atom. The van der Waals surface area contributed by atoms with Crippen LogP contribution in [-0.4, -0.2) is 30.4 Å². The fourth-order valence-electron chi connectivity index (χ4n) is 2.21. The van der Waals surface area contributed by atoms with E-state index in [-0.39, 0.29) is 12.2 Å². The molecule has 2 heterocycles. The van der Waals surface area contributed by atoms with Gasteiger partial charge in [-0.05, 0) is 5.56 Å². The van der Waals surface area contributed by atoms with Crippen LogP contribution in [0.5, 0.6) is 0 Å². The van der Waals surface area contributed by atoms with Gasteiger partial charge in [0, 0.05) is 6.54 Å². The normalized spacial score (nSPS) is 29.3. The summed E-state index contributed by atoms with van der Waals surface area (Å²) >= 11 is 0. The number of carbonyl (C=O) groups is 2. The molecule has 0 aromatic heterocycles. The van der Waals surface area contributed by atoms with Crippen molar-refractivity contribution in [1.82, 2.24) is 32.1 Å². The Balaban J connectivity index is 1.55. The van der Waals surface area contributed by atoms with Crippen LogP contribution in [-0.2, 0) is 11.3 Å². The number of urea groups is 1. The molecule has 0 spiro atoms. The number of nitrogens with one attached hydrogen (secondary N) is 6. The Morgan fingerprint density at radius 2 is 1.90 bits per heavy atom. The molecule has 20 heavy (non-hydrogen) atoms. The van der Waals surface area contributed by atoms with Gasteiger partial charge in [0.2, 0.25) is 5.91 Å². The van der Waals surface area contributed by atoms with Gasteiger partial charge in [0.1, 0.15) is 18.5 Å². The quantitative estimate of drug-likeness (QED) is 0.393. The second-order valence-electron chi connectivity index (χ2n) is 4.67. The molecule has 0 saturated carbocycles. The molecule has 2 aliphatic heterocycles. The summed E-state index contributed by atoms with van der Waals surface area (Å²) in [4.78, 5) is 22.9. The Labute approximate surface area is 115 Å². The van der Waals surface area contributed by atoms with Crippen LogP contribution in [0, 0.1) is 0 Å². The maximum Gasteiger partial charge on any atom is 0.322 e. The largest absolute Gasteiger partial charge is 0.322 e. The maximum atomic E-state index is 11.6.